The molecule has 4 heavy (non-hydrogen) atoms. The summed E-state index contributed by atoms with van der Waals surface area (Å²) in [7, 11) is 4.53. The van der Waals surface area contributed by atoms with E-state index in [-0.39, 0.29) is 16.5 Å². The third-order valence-corrected chi connectivity index (χ3v) is 0. The number of hydrogen-bond donors (Lipinski definition) is 0. The normalized spacial score (nSPS) is 2.25. The van der Waals surface area contributed by atoms with Gasteiger partial charge in [-0.25, -0.2) is 0 Å². The molecule has 26 valence electrons. The first-order valence-electron chi connectivity index (χ1n) is 0.454. The van der Waals surface area contributed by atoms with E-state index in [2.05, 4.69) is 10.0 Å². The molecule has 0 aromatic rings. The molecule has 0 saturated carbocycles. The van der Waals surface area contributed by atoms with Crippen LogP contribution in [0.1, 0.15) is 0 Å². The number of rotatable bonds is 0. The molecule has 0 rings (SSSR count). The van der Waals surface area contributed by atoms with Crippen molar-refractivity contribution in [3.8, 4) is 0 Å². The van der Waals surface area contributed by atoms with Gasteiger partial charge in [0.25, 0.3) is 0 Å². The molecular weight excluding hydrogens is 137 g/mol. The summed E-state index contributed by atoms with van der Waals surface area (Å²) >= 11 is -1.03. The van der Waals surface area contributed by atoms with Crippen LogP contribution in [0.4, 0.5) is 0 Å². The van der Waals surface area contributed by atoms with Crippen molar-refractivity contribution in [3.63, 3.8) is 0 Å². The zero-order chi connectivity index (χ0) is 2.71. The Hall–Kier alpha value is 1.12. The molecule has 0 radical (unpaired) electrons. The van der Waals surface area contributed by atoms with Crippen LogP contribution in [-0.2, 0) is 20.3 Å². The van der Waals surface area contributed by atoms with E-state index >= 15 is 0 Å². The Morgan fingerprint density at radius 3 is 1.75 bits per heavy atom. The topological polar surface area (TPSA) is 17.1 Å². The Bertz CT molecular complexity index is 15.5. The fraction of sp³-hybridized carbons (Fsp3) is 0. The molecule has 0 aromatic heterocycles. The second-order valence-corrected chi connectivity index (χ2v) is 0.802. The van der Waals surface area contributed by atoms with Gasteiger partial charge in [0.1, 0.15) is 0 Å². The molecule has 0 amide bonds. The van der Waals surface area contributed by atoms with Gasteiger partial charge in [-0.3, -0.25) is 0 Å². The molecule has 0 heterocycles. The summed E-state index contributed by atoms with van der Waals surface area (Å²) in [5, 5.41) is 0. The summed E-state index contributed by atoms with van der Waals surface area (Å²) in [6.07, 6.45) is 0. The van der Waals surface area contributed by atoms with E-state index in [0.29, 0.717) is 0 Å². The summed E-state index contributed by atoms with van der Waals surface area (Å²) in [6, 6.07) is 0. The molecule has 0 aromatic carbocycles. The Kier molecular flexibility index (Phi) is 19.9. The first kappa shape index (κ1) is 8.93. The Labute approximate surface area is 44.8 Å². The fourth-order valence-corrected chi connectivity index (χ4v) is 0. The zero-order valence-electron chi connectivity index (χ0n) is 1.68. The maximum absolute atomic E-state index is 8.78. The van der Waals surface area contributed by atoms with Crippen molar-refractivity contribution in [2.75, 3.05) is 0 Å². The van der Waals surface area contributed by atoms with E-state index in [0.717, 1.165) is 0 Å². The fourth-order valence-electron chi connectivity index (χ4n) is 0. The van der Waals surface area contributed by atoms with Crippen LogP contribution >= 0.6 is 10.0 Å². The molecule has 0 spiro atoms. The van der Waals surface area contributed by atoms with Crippen molar-refractivity contribution >= 4 is 24.3 Å². The van der Waals surface area contributed by atoms with E-state index < -0.39 is 14.2 Å². The van der Waals surface area contributed by atoms with Gasteiger partial charge in [0.05, 0.1) is 0 Å². The van der Waals surface area contributed by atoms with Crippen LogP contribution < -0.4 is 0 Å². The van der Waals surface area contributed by atoms with E-state index in [4.69, 9.17) is 3.80 Å². The summed E-state index contributed by atoms with van der Waals surface area (Å²) in [5.74, 6) is 0. The van der Waals surface area contributed by atoms with E-state index in [1.807, 2.05) is 0 Å². The van der Waals surface area contributed by atoms with Gasteiger partial charge in [0.2, 0.25) is 0 Å². The first-order chi connectivity index (χ1) is 1.41. The van der Waals surface area contributed by atoms with Crippen LogP contribution in [-0.4, -0.2) is 14.2 Å². The monoisotopic (exact) mass is 136 g/mol. The van der Waals surface area contributed by atoms with Gasteiger partial charge in [0.15, 0.2) is 0 Å². The third kappa shape index (κ3) is 11.2. The van der Waals surface area contributed by atoms with Gasteiger partial charge < -0.3 is 0 Å². The van der Waals surface area contributed by atoms with Crippen molar-refractivity contribution in [2.24, 2.45) is 0 Å². The average molecular weight is 137 g/mol. The Morgan fingerprint density at radius 2 is 1.75 bits per heavy atom. The molecule has 1 nitrogen and oxygen atoms in total. The van der Waals surface area contributed by atoms with Crippen LogP contribution in [0.5, 0.6) is 0 Å². The molecule has 0 N–H and O–H groups in total. The maximum atomic E-state index is 8.78. The van der Waals surface area contributed by atoms with Gasteiger partial charge in [-0.2, -0.15) is 0 Å². The van der Waals surface area contributed by atoms with Crippen LogP contribution in [0.15, 0.2) is 0 Å². The van der Waals surface area contributed by atoms with Gasteiger partial charge in [-0.05, 0) is 0 Å². The molecule has 0 aliphatic rings. The SMILES string of the molecule is [Ni].[O]=[Al][Cl]. The second kappa shape index (κ2) is 8.93. The molecule has 0 unspecified atom stereocenters. The predicted octanol–water partition coefficient (Wildman–Crippen LogP) is 0.187. The Balaban J connectivity index is 0. The predicted molar refractivity (Wildman–Crippen MR) is 12.3 cm³/mol. The third-order valence-electron chi connectivity index (χ3n) is 0. The summed E-state index contributed by atoms with van der Waals surface area (Å²) in [6.45, 7) is 0. The van der Waals surface area contributed by atoms with Gasteiger partial charge in [-0.15, -0.1) is 0 Å². The van der Waals surface area contributed by atoms with Crippen LogP contribution in [0.25, 0.3) is 0 Å². The summed E-state index contributed by atoms with van der Waals surface area (Å²) < 4.78 is 8.78. The molecule has 0 aliphatic carbocycles. The van der Waals surface area contributed by atoms with E-state index in [1.165, 1.54) is 0 Å². The number of halogens is 1. The van der Waals surface area contributed by atoms with E-state index in [9.17, 15) is 0 Å². The summed E-state index contributed by atoms with van der Waals surface area (Å²) in [4.78, 5) is 0. The quantitative estimate of drug-likeness (QED) is 0.435. The van der Waals surface area contributed by atoms with Gasteiger partial charge in [-0.1, -0.05) is 0 Å². The second-order valence-electron chi connectivity index (χ2n) is 0.0891. The molecular formula is AlClNiO. The van der Waals surface area contributed by atoms with E-state index in [1.54, 1.807) is 0 Å². The zero-order valence-corrected chi connectivity index (χ0v) is 4.58. The van der Waals surface area contributed by atoms with Crippen molar-refractivity contribution in [3.05, 3.63) is 0 Å². The number of hydrogen-bond acceptors (Lipinski definition) is 1. The van der Waals surface area contributed by atoms with Gasteiger partial charge >= 0.3 is 28.1 Å². The van der Waals surface area contributed by atoms with Crippen LogP contribution in [0.3, 0.4) is 0 Å². The molecule has 4 heteroatoms. The van der Waals surface area contributed by atoms with Gasteiger partial charge in [0, 0.05) is 16.5 Å². The van der Waals surface area contributed by atoms with Crippen LogP contribution in [0.2, 0.25) is 0 Å². The standard InChI is InChI=1S/Al.ClH.Ni.O/h;1H;;/q+1;;;/p-1. The molecule has 0 atom stereocenters. The first-order valence-corrected chi connectivity index (χ1v) is 2.67. The molecule has 0 fully saturated rings. The molecule has 0 saturated heterocycles. The minimum absolute atomic E-state index is 0. The average Bonchev–Trinajstić information content (AvgIpc) is 0.918. The van der Waals surface area contributed by atoms with Crippen molar-refractivity contribution in [2.45, 2.75) is 0 Å². The van der Waals surface area contributed by atoms with Crippen molar-refractivity contribution in [1.82, 2.24) is 0 Å². The minimum atomic E-state index is -1.03. The molecule has 0 aliphatic heterocycles. The van der Waals surface area contributed by atoms with Crippen molar-refractivity contribution in [1.29, 1.82) is 0 Å². The Morgan fingerprint density at radius 1 is 1.75 bits per heavy atom. The molecule has 0 bridgehead atoms. The van der Waals surface area contributed by atoms with Crippen molar-refractivity contribution < 1.29 is 20.3 Å². The summed E-state index contributed by atoms with van der Waals surface area (Å²) in [5.41, 5.74) is 0. The van der Waals surface area contributed by atoms with Crippen LogP contribution in [0, 0.1) is 0 Å².